The summed E-state index contributed by atoms with van der Waals surface area (Å²) in [6.45, 7) is 7.86. The number of benzene rings is 2. The van der Waals surface area contributed by atoms with E-state index in [1.165, 1.54) is 18.4 Å². The van der Waals surface area contributed by atoms with Gasteiger partial charge in [-0.1, -0.05) is 48.0 Å². The van der Waals surface area contributed by atoms with Crippen LogP contribution in [-0.4, -0.2) is 46.0 Å². The molecule has 1 aliphatic rings. The first-order valence-corrected chi connectivity index (χ1v) is 10.9. The molecule has 162 valence electrons. The van der Waals surface area contributed by atoms with E-state index < -0.39 is 0 Å². The van der Waals surface area contributed by atoms with Crippen molar-refractivity contribution in [2.24, 2.45) is 5.92 Å². The Morgan fingerprint density at radius 2 is 2.03 bits per heavy atom. The number of aromatic nitrogens is 2. The number of piperidine rings is 1. The van der Waals surface area contributed by atoms with E-state index >= 15 is 0 Å². The van der Waals surface area contributed by atoms with Gasteiger partial charge in [-0.2, -0.15) is 4.98 Å². The van der Waals surface area contributed by atoms with Crippen LogP contribution in [0.15, 0.2) is 53.1 Å². The minimum absolute atomic E-state index is 0.0616. The van der Waals surface area contributed by atoms with Gasteiger partial charge >= 0.3 is 0 Å². The molecule has 0 spiro atoms. The first kappa shape index (κ1) is 21.2. The van der Waals surface area contributed by atoms with Gasteiger partial charge in [-0.15, -0.1) is 0 Å². The maximum Gasteiger partial charge on any atom is 0.254 e. The van der Waals surface area contributed by atoms with Gasteiger partial charge in [-0.25, -0.2) is 0 Å². The summed E-state index contributed by atoms with van der Waals surface area (Å²) >= 11 is 0. The number of hydrogen-bond acceptors (Lipinski definition) is 5. The quantitative estimate of drug-likeness (QED) is 0.588. The zero-order valence-electron chi connectivity index (χ0n) is 18.5. The number of carbonyl (C=O) groups is 1. The smallest absolute Gasteiger partial charge is 0.254 e. The Morgan fingerprint density at radius 3 is 2.77 bits per heavy atom. The molecule has 31 heavy (non-hydrogen) atoms. The van der Waals surface area contributed by atoms with Gasteiger partial charge in [-0.3, -0.25) is 9.69 Å². The van der Waals surface area contributed by atoms with Crippen LogP contribution in [0.25, 0.3) is 11.4 Å². The molecule has 2 heterocycles. The molecule has 1 aromatic heterocycles. The van der Waals surface area contributed by atoms with Crippen LogP contribution in [0.4, 0.5) is 0 Å². The SMILES string of the molecule is Cc1cccc(-c2noc(CN(C)C(=O)c3ccc(CN4CCC[C@H](C)C4)cc3)n2)c1. The Balaban J connectivity index is 1.36. The molecule has 0 saturated carbocycles. The Labute approximate surface area is 183 Å². The van der Waals surface area contributed by atoms with E-state index in [1.807, 2.05) is 43.3 Å². The standard InChI is InChI=1S/C25H30N4O2/c1-18-6-4-8-22(14-18)24-26-23(31-27-24)17-28(3)25(30)21-11-9-20(10-12-21)16-29-13-5-7-19(2)15-29/h4,6,8-12,14,19H,5,7,13,15-17H2,1-3H3/t19-/m0/s1. The van der Waals surface area contributed by atoms with Crippen LogP contribution in [0.5, 0.6) is 0 Å². The normalized spacial score (nSPS) is 16.9. The van der Waals surface area contributed by atoms with Crippen LogP contribution < -0.4 is 0 Å². The molecule has 1 saturated heterocycles. The Bertz CT molecular complexity index is 1030. The van der Waals surface area contributed by atoms with Crippen molar-refractivity contribution >= 4 is 5.91 Å². The van der Waals surface area contributed by atoms with Crippen LogP contribution in [0.3, 0.4) is 0 Å². The third kappa shape index (κ3) is 5.39. The first-order valence-electron chi connectivity index (χ1n) is 10.9. The van der Waals surface area contributed by atoms with Gasteiger partial charge in [0.15, 0.2) is 0 Å². The summed E-state index contributed by atoms with van der Waals surface area (Å²) in [6, 6.07) is 15.9. The van der Waals surface area contributed by atoms with E-state index in [0.717, 1.165) is 36.7 Å². The Hall–Kier alpha value is -2.99. The molecular weight excluding hydrogens is 388 g/mol. The van der Waals surface area contributed by atoms with E-state index in [-0.39, 0.29) is 12.5 Å². The number of nitrogens with zero attached hydrogens (tertiary/aromatic N) is 4. The number of aryl methyl sites for hydroxylation is 1. The van der Waals surface area contributed by atoms with Gasteiger partial charge in [0.25, 0.3) is 5.91 Å². The molecule has 2 aromatic carbocycles. The molecule has 0 bridgehead atoms. The van der Waals surface area contributed by atoms with Gasteiger partial charge in [0, 0.05) is 31.3 Å². The number of hydrogen-bond donors (Lipinski definition) is 0. The lowest BCUT2D eigenvalue weighted by Crippen LogP contribution is -2.33. The lowest BCUT2D eigenvalue weighted by Gasteiger charge is -2.30. The first-order chi connectivity index (χ1) is 15.0. The maximum atomic E-state index is 12.8. The second-order valence-corrected chi connectivity index (χ2v) is 8.72. The molecule has 0 N–H and O–H groups in total. The molecule has 0 radical (unpaired) electrons. The van der Waals surface area contributed by atoms with Gasteiger partial charge in [-0.05, 0) is 56.0 Å². The van der Waals surface area contributed by atoms with Crippen LogP contribution in [0, 0.1) is 12.8 Å². The minimum atomic E-state index is -0.0616. The van der Waals surface area contributed by atoms with E-state index in [0.29, 0.717) is 17.3 Å². The fourth-order valence-electron chi connectivity index (χ4n) is 4.16. The largest absolute Gasteiger partial charge is 0.337 e. The van der Waals surface area contributed by atoms with Gasteiger partial charge in [0.1, 0.15) is 0 Å². The second kappa shape index (κ2) is 9.43. The summed E-state index contributed by atoms with van der Waals surface area (Å²) in [5.74, 6) is 1.66. The van der Waals surface area contributed by atoms with Gasteiger partial charge < -0.3 is 9.42 Å². The Morgan fingerprint density at radius 1 is 1.23 bits per heavy atom. The van der Waals surface area contributed by atoms with Gasteiger partial charge in [0.2, 0.25) is 11.7 Å². The van der Waals surface area contributed by atoms with Crippen molar-refractivity contribution in [3.05, 3.63) is 71.1 Å². The van der Waals surface area contributed by atoms with Crippen molar-refractivity contribution in [3.63, 3.8) is 0 Å². The summed E-state index contributed by atoms with van der Waals surface area (Å²) in [5.41, 5.74) is 3.95. The predicted octanol–water partition coefficient (Wildman–Crippen LogP) is 4.55. The van der Waals surface area contributed by atoms with Crippen molar-refractivity contribution in [1.82, 2.24) is 19.9 Å². The van der Waals surface area contributed by atoms with Gasteiger partial charge in [0.05, 0.1) is 6.54 Å². The highest BCUT2D eigenvalue weighted by Crippen LogP contribution is 2.19. The molecule has 1 amide bonds. The van der Waals surface area contributed by atoms with E-state index in [2.05, 4.69) is 34.1 Å². The van der Waals surface area contributed by atoms with Crippen LogP contribution in [0.1, 0.15) is 47.1 Å². The van der Waals surface area contributed by atoms with Crippen LogP contribution in [-0.2, 0) is 13.1 Å². The topological polar surface area (TPSA) is 62.5 Å². The van der Waals surface area contributed by atoms with E-state index in [1.54, 1.807) is 11.9 Å². The molecule has 0 aliphatic carbocycles. The third-order valence-electron chi connectivity index (χ3n) is 5.81. The summed E-state index contributed by atoms with van der Waals surface area (Å²) in [7, 11) is 1.75. The molecule has 1 atom stereocenters. The molecule has 4 rings (SSSR count). The zero-order chi connectivity index (χ0) is 21.8. The number of rotatable bonds is 6. The summed E-state index contributed by atoms with van der Waals surface area (Å²) < 4.78 is 5.37. The average molecular weight is 419 g/mol. The van der Waals surface area contributed by atoms with Crippen molar-refractivity contribution in [2.75, 3.05) is 20.1 Å². The summed E-state index contributed by atoms with van der Waals surface area (Å²) in [6.07, 6.45) is 2.59. The minimum Gasteiger partial charge on any atom is -0.337 e. The van der Waals surface area contributed by atoms with Crippen molar-refractivity contribution < 1.29 is 9.32 Å². The monoisotopic (exact) mass is 418 g/mol. The van der Waals surface area contributed by atoms with Crippen molar-refractivity contribution in [2.45, 2.75) is 39.8 Å². The lowest BCUT2D eigenvalue weighted by atomic mass is 9.99. The number of carbonyl (C=O) groups excluding carboxylic acids is 1. The molecule has 6 heteroatoms. The van der Waals surface area contributed by atoms with E-state index in [9.17, 15) is 4.79 Å². The average Bonchev–Trinajstić information content (AvgIpc) is 3.22. The Kier molecular flexibility index (Phi) is 6.47. The second-order valence-electron chi connectivity index (χ2n) is 8.72. The zero-order valence-corrected chi connectivity index (χ0v) is 18.5. The highest BCUT2D eigenvalue weighted by Gasteiger charge is 2.18. The molecule has 6 nitrogen and oxygen atoms in total. The van der Waals surface area contributed by atoms with Crippen molar-refractivity contribution in [1.29, 1.82) is 0 Å². The molecule has 1 aliphatic heterocycles. The molecule has 3 aromatic rings. The molecule has 1 fully saturated rings. The number of amides is 1. The van der Waals surface area contributed by atoms with Crippen LogP contribution in [0.2, 0.25) is 0 Å². The van der Waals surface area contributed by atoms with Crippen LogP contribution >= 0.6 is 0 Å². The van der Waals surface area contributed by atoms with E-state index in [4.69, 9.17) is 4.52 Å². The lowest BCUT2D eigenvalue weighted by molar-refractivity contribution is 0.0769. The third-order valence-corrected chi connectivity index (χ3v) is 5.81. The molecular formula is C25H30N4O2. The maximum absolute atomic E-state index is 12.8. The number of likely N-dealkylation sites (tertiary alicyclic amines) is 1. The highest BCUT2D eigenvalue weighted by molar-refractivity contribution is 5.94. The van der Waals surface area contributed by atoms with Crippen molar-refractivity contribution in [3.8, 4) is 11.4 Å². The fourth-order valence-corrected chi connectivity index (χ4v) is 4.16. The summed E-state index contributed by atoms with van der Waals surface area (Å²) in [5, 5.41) is 4.06. The summed E-state index contributed by atoms with van der Waals surface area (Å²) in [4.78, 5) is 21.4. The molecule has 0 unspecified atom stereocenters. The fraction of sp³-hybridized carbons (Fsp3) is 0.400. The highest BCUT2D eigenvalue weighted by atomic mass is 16.5. The predicted molar refractivity (Wildman–Crippen MR) is 120 cm³/mol.